The highest BCUT2D eigenvalue weighted by atomic mass is 32.2. The van der Waals surface area contributed by atoms with Gasteiger partial charge >= 0.3 is 5.97 Å². The van der Waals surface area contributed by atoms with E-state index < -0.39 is 5.97 Å². The van der Waals surface area contributed by atoms with Gasteiger partial charge in [-0.2, -0.15) is 0 Å². The number of amidine groups is 1. The van der Waals surface area contributed by atoms with E-state index in [9.17, 15) is 9.59 Å². The van der Waals surface area contributed by atoms with E-state index in [4.69, 9.17) is 19.3 Å². The van der Waals surface area contributed by atoms with Crippen LogP contribution in [0.25, 0.3) is 6.08 Å². The molecule has 8 nitrogen and oxygen atoms in total. The lowest BCUT2D eigenvalue weighted by atomic mass is 10.1. The average Bonchev–Trinajstić information content (AvgIpc) is 3.06. The number of nitrogens with one attached hydrogen (secondary N) is 1. The third-order valence-electron chi connectivity index (χ3n) is 4.16. The molecule has 1 heterocycles. The minimum atomic E-state index is -0.894. The van der Waals surface area contributed by atoms with Crippen molar-refractivity contribution >= 4 is 40.6 Å². The first-order valence-electron chi connectivity index (χ1n) is 8.83. The maximum atomic E-state index is 12.4. The topological polar surface area (TPSA) is 106 Å². The Bertz CT molecular complexity index is 1010. The highest BCUT2D eigenvalue weighted by molar-refractivity contribution is 8.18. The van der Waals surface area contributed by atoms with Crippen molar-refractivity contribution in [1.29, 1.82) is 0 Å². The number of hydrogen-bond donors (Lipinski definition) is 2. The number of aliphatic imine (C=N–C) groups is 1. The number of nitrogens with zero attached hydrogens (tertiary/aromatic N) is 1. The zero-order chi connectivity index (χ0) is 21.7. The molecule has 1 amide bonds. The largest absolute Gasteiger partial charge is 0.493 e. The number of amides is 1. The average molecular weight is 428 g/mol. The van der Waals surface area contributed by atoms with Crippen LogP contribution in [0.3, 0.4) is 0 Å². The zero-order valence-corrected chi connectivity index (χ0v) is 17.4. The van der Waals surface area contributed by atoms with Crippen LogP contribution in [0.15, 0.2) is 46.3 Å². The second-order valence-corrected chi connectivity index (χ2v) is 7.21. The number of methoxy groups -OCH3 is 3. The molecule has 0 radical (unpaired) electrons. The third kappa shape index (κ3) is 4.93. The molecule has 2 N–H and O–H groups in total. The molecular weight excluding hydrogens is 408 g/mol. The molecule has 1 saturated heterocycles. The smallest absolute Gasteiger partial charge is 0.307 e. The van der Waals surface area contributed by atoms with Gasteiger partial charge in [0.1, 0.15) is 0 Å². The molecule has 30 heavy (non-hydrogen) atoms. The molecule has 0 saturated carbocycles. The number of ether oxygens (including phenoxy) is 3. The standard InChI is InChI=1S/C21H20N2O6S/c1-27-15-8-13(9-16(28-2)19(15)29-3)10-17-20(26)23-21(30-17)22-14-6-4-12(5-7-14)11-18(24)25/h4-10H,11H2,1-3H3,(H,24,25)(H,22,23,26). The second-order valence-electron chi connectivity index (χ2n) is 6.18. The molecule has 3 rings (SSSR count). The van der Waals surface area contributed by atoms with Crippen LogP contribution in [-0.4, -0.2) is 43.5 Å². The molecule has 156 valence electrons. The Morgan fingerprint density at radius 3 is 2.27 bits per heavy atom. The number of rotatable bonds is 7. The fourth-order valence-corrected chi connectivity index (χ4v) is 3.64. The monoisotopic (exact) mass is 428 g/mol. The molecule has 0 aliphatic carbocycles. The highest BCUT2D eigenvalue weighted by Crippen LogP contribution is 2.39. The van der Waals surface area contributed by atoms with Crippen LogP contribution in [-0.2, 0) is 16.0 Å². The first-order valence-corrected chi connectivity index (χ1v) is 9.65. The quantitative estimate of drug-likeness (QED) is 0.652. The lowest BCUT2D eigenvalue weighted by Crippen LogP contribution is -2.19. The van der Waals surface area contributed by atoms with E-state index in [1.807, 2.05) is 0 Å². The van der Waals surface area contributed by atoms with Crippen LogP contribution >= 0.6 is 11.8 Å². The van der Waals surface area contributed by atoms with E-state index in [0.29, 0.717) is 44.1 Å². The van der Waals surface area contributed by atoms with Crippen LogP contribution in [0, 0.1) is 0 Å². The van der Waals surface area contributed by atoms with Gasteiger partial charge in [0.15, 0.2) is 16.7 Å². The molecule has 1 aliphatic heterocycles. The van der Waals surface area contributed by atoms with Crippen molar-refractivity contribution in [1.82, 2.24) is 5.32 Å². The van der Waals surface area contributed by atoms with E-state index in [0.717, 1.165) is 0 Å². The Morgan fingerprint density at radius 2 is 1.73 bits per heavy atom. The molecule has 2 aromatic rings. The van der Waals surface area contributed by atoms with Gasteiger partial charge in [0, 0.05) is 0 Å². The number of carboxylic acids is 1. The molecule has 0 bridgehead atoms. The minimum absolute atomic E-state index is 0.0516. The number of carbonyl (C=O) groups excluding carboxylic acids is 1. The lowest BCUT2D eigenvalue weighted by molar-refractivity contribution is -0.136. The van der Waals surface area contributed by atoms with E-state index >= 15 is 0 Å². The van der Waals surface area contributed by atoms with E-state index in [1.54, 1.807) is 42.5 Å². The number of aliphatic carboxylic acids is 1. The van der Waals surface area contributed by atoms with Crippen molar-refractivity contribution in [3.8, 4) is 17.2 Å². The minimum Gasteiger partial charge on any atom is -0.493 e. The molecule has 2 aromatic carbocycles. The maximum absolute atomic E-state index is 12.4. The van der Waals surface area contributed by atoms with Gasteiger partial charge in [-0.05, 0) is 53.2 Å². The van der Waals surface area contributed by atoms with Crippen molar-refractivity contribution in [2.75, 3.05) is 21.3 Å². The van der Waals surface area contributed by atoms with Gasteiger partial charge < -0.3 is 24.6 Å². The van der Waals surface area contributed by atoms with Crippen LogP contribution in [0.5, 0.6) is 17.2 Å². The van der Waals surface area contributed by atoms with Crippen LogP contribution in [0.1, 0.15) is 11.1 Å². The zero-order valence-electron chi connectivity index (χ0n) is 16.6. The summed E-state index contributed by atoms with van der Waals surface area (Å²) in [5.41, 5.74) is 2.00. The Balaban J connectivity index is 1.82. The number of benzene rings is 2. The predicted molar refractivity (Wildman–Crippen MR) is 115 cm³/mol. The Labute approximate surface area is 177 Å². The number of thioether (sulfide) groups is 1. The third-order valence-corrected chi connectivity index (χ3v) is 5.07. The van der Waals surface area contributed by atoms with Crippen molar-refractivity contribution in [2.24, 2.45) is 4.99 Å². The molecule has 0 unspecified atom stereocenters. The molecule has 0 aromatic heterocycles. The predicted octanol–water partition coefficient (Wildman–Crippen LogP) is 3.23. The molecule has 9 heteroatoms. The summed E-state index contributed by atoms with van der Waals surface area (Å²) >= 11 is 1.20. The van der Waals surface area contributed by atoms with Crippen molar-refractivity contribution in [3.63, 3.8) is 0 Å². The van der Waals surface area contributed by atoms with Crippen LogP contribution in [0.2, 0.25) is 0 Å². The molecule has 1 fully saturated rings. The normalized spacial score (nSPS) is 15.9. The summed E-state index contributed by atoms with van der Waals surface area (Å²) in [6.45, 7) is 0. The van der Waals surface area contributed by atoms with Gasteiger partial charge in [-0.25, -0.2) is 4.99 Å². The summed E-state index contributed by atoms with van der Waals surface area (Å²) in [6, 6.07) is 10.3. The van der Waals surface area contributed by atoms with Crippen molar-refractivity contribution < 1.29 is 28.9 Å². The number of hydrogen-bond acceptors (Lipinski definition) is 7. The number of carboxylic acid groups (broad SMARTS) is 1. The van der Waals surface area contributed by atoms with Gasteiger partial charge in [-0.3, -0.25) is 9.59 Å². The van der Waals surface area contributed by atoms with E-state index in [-0.39, 0.29) is 12.3 Å². The van der Waals surface area contributed by atoms with Gasteiger partial charge in [0.25, 0.3) is 5.91 Å². The van der Waals surface area contributed by atoms with E-state index in [1.165, 1.54) is 33.1 Å². The summed E-state index contributed by atoms with van der Waals surface area (Å²) in [5.74, 6) is 0.286. The highest BCUT2D eigenvalue weighted by Gasteiger charge is 2.24. The SMILES string of the molecule is COc1cc(C=C2SC(=Nc3ccc(CC(=O)O)cc3)NC2=O)cc(OC)c1OC. The Morgan fingerprint density at radius 1 is 1.10 bits per heavy atom. The Kier molecular flexibility index (Phi) is 6.63. The van der Waals surface area contributed by atoms with Gasteiger partial charge in [0.2, 0.25) is 5.75 Å². The summed E-state index contributed by atoms with van der Waals surface area (Å²) in [7, 11) is 4.57. The van der Waals surface area contributed by atoms with Gasteiger partial charge in [-0.1, -0.05) is 12.1 Å². The molecule has 0 atom stereocenters. The lowest BCUT2D eigenvalue weighted by Gasteiger charge is -2.12. The summed E-state index contributed by atoms with van der Waals surface area (Å²) in [5, 5.41) is 12.0. The van der Waals surface area contributed by atoms with Gasteiger partial charge in [0.05, 0.1) is 38.3 Å². The van der Waals surface area contributed by atoms with E-state index in [2.05, 4.69) is 10.3 Å². The fraction of sp³-hybridized carbons (Fsp3) is 0.190. The molecule has 0 spiro atoms. The molecule has 1 aliphatic rings. The fourth-order valence-electron chi connectivity index (χ4n) is 2.80. The van der Waals surface area contributed by atoms with Crippen LogP contribution < -0.4 is 19.5 Å². The number of carbonyl (C=O) groups is 2. The van der Waals surface area contributed by atoms with Crippen molar-refractivity contribution in [3.05, 3.63) is 52.4 Å². The summed E-state index contributed by atoms with van der Waals surface area (Å²) in [4.78, 5) is 28.0. The molecular formula is C21H20N2O6S. The van der Waals surface area contributed by atoms with Crippen molar-refractivity contribution in [2.45, 2.75) is 6.42 Å². The maximum Gasteiger partial charge on any atom is 0.307 e. The first kappa shape index (κ1) is 21.3. The second kappa shape index (κ2) is 9.36. The van der Waals surface area contributed by atoms with Crippen LogP contribution in [0.4, 0.5) is 5.69 Å². The first-order chi connectivity index (χ1) is 14.4. The van der Waals surface area contributed by atoms with Gasteiger partial charge in [-0.15, -0.1) is 0 Å². The summed E-state index contributed by atoms with van der Waals surface area (Å²) < 4.78 is 16.0. The Hall–Kier alpha value is -3.46. The summed E-state index contributed by atoms with van der Waals surface area (Å²) in [6.07, 6.45) is 1.66.